The largest absolute Gasteiger partial charge is 0.457 e. The zero-order chi connectivity index (χ0) is 55.3. The van der Waals surface area contributed by atoms with Gasteiger partial charge >= 0.3 is 0 Å². The molecule has 0 atom stereocenters. The highest BCUT2D eigenvalue weighted by molar-refractivity contribution is 6.78. The van der Waals surface area contributed by atoms with Crippen molar-refractivity contribution in [1.29, 1.82) is 0 Å². The van der Waals surface area contributed by atoms with Gasteiger partial charge in [0.25, 0.3) is 0 Å². The van der Waals surface area contributed by atoms with Crippen LogP contribution in [0.1, 0.15) is 0 Å². The third-order valence-corrected chi connectivity index (χ3v) is 14.7. The van der Waals surface area contributed by atoms with Crippen molar-refractivity contribution >= 4 is 438 Å². The Bertz CT molecular complexity index is 4360. The Morgan fingerprint density at radius 3 is 0.653 bits per heavy atom. The molecule has 0 spiro atoms. The lowest BCUT2D eigenvalue weighted by Crippen LogP contribution is -2.53. The standard InChI is InChI=1S/C46B28O/c47-17-12(27(57)28(58)14-13(17)29(59)39(69)40(70)30(14)60)10-9-8(25(55)37(67)38(68)26(9)56)5(19(49)20(10)50)1-3-6(23(53)35(65)33(63)21(3)51)2(7-4(1)22(52)34(64)36(66)24(7)54)11-18(48)15-16-32(62)41(71)42(72)44(74)46(16)75-45(15)43(73)31(11)61. The molecule has 1 aromatic heterocycles. The van der Waals surface area contributed by atoms with Gasteiger partial charge in [-0.3, -0.25) is 0 Å². The average molecular weight is 871 g/mol. The minimum absolute atomic E-state index is 0.00718. The summed E-state index contributed by atoms with van der Waals surface area (Å²) in [6, 6.07) is 0. The Kier molecular flexibility index (Phi) is 13.0. The van der Waals surface area contributed by atoms with Crippen molar-refractivity contribution in [3.63, 3.8) is 0 Å². The molecule has 9 aromatic carbocycles. The molecule has 274 valence electrons. The normalized spacial score (nSPS) is 11.9. The van der Waals surface area contributed by atoms with Crippen LogP contribution in [-0.4, -0.2) is 220 Å². The van der Waals surface area contributed by atoms with Crippen LogP contribution in [0, 0.1) is 0 Å². The summed E-state index contributed by atoms with van der Waals surface area (Å²) < 4.78 is 6.20. The number of rotatable bonds is 3. The fourth-order valence-electron chi connectivity index (χ4n) is 10.7. The van der Waals surface area contributed by atoms with Gasteiger partial charge in [-0.2, -0.15) is 0 Å². The predicted molar refractivity (Wildman–Crippen MR) is 351 cm³/mol. The molecule has 0 bridgehead atoms. The van der Waals surface area contributed by atoms with Crippen LogP contribution in [0.25, 0.3) is 98.4 Å². The van der Waals surface area contributed by atoms with Gasteiger partial charge in [0.1, 0.15) is 231 Å². The maximum Gasteiger partial charge on any atom is 0.127 e. The van der Waals surface area contributed by atoms with E-state index >= 15 is 0 Å². The van der Waals surface area contributed by atoms with Gasteiger partial charge in [0.05, 0.1) is 0 Å². The summed E-state index contributed by atoms with van der Waals surface area (Å²) in [5.74, 6) is 0. The summed E-state index contributed by atoms with van der Waals surface area (Å²) in [5, 5.41) is 0.106. The van der Waals surface area contributed by atoms with Crippen LogP contribution in [0.4, 0.5) is 0 Å². The molecule has 0 N–H and O–H groups in total. The highest BCUT2D eigenvalue weighted by Gasteiger charge is 2.32. The van der Waals surface area contributed by atoms with Crippen LogP contribution < -0.4 is 153 Å². The van der Waals surface area contributed by atoms with Gasteiger partial charge in [-0.15, -0.1) is 54.6 Å². The molecule has 0 aliphatic rings. The third kappa shape index (κ3) is 6.85. The molecule has 10 aromatic rings. The number of furan rings is 1. The maximum atomic E-state index is 7.39. The van der Waals surface area contributed by atoms with Crippen LogP contribution in [0.2, 0.25) is 0 Å². The summed E-state index contributed by atoms with van der Waals surface area (Å²) >= 11 is 0. The topological polar surface area (TPSA) is 13.1 Å². The van der Waals surface area contributed by atoms with E-state index in [4.69, 9.17) is 224 Å². The minimum atomic E-state index is -0.286. The first-order valence-electron chi connectivity index (χ1n) is 22.0. The molecule has 29 heteroatoms. The number of hydrogen-bond acceptors (Lipinski definition) is 1. The third-order valence-electron chi connectivity index (χ3n) is 14.7. The molecule has 56 radical (unpaired) electrons. The second-order valence-electron chi connectivity index (χ2n) is 18.3. The van der Waals surface area contributed by atoms with Gasteiger partial charge in [-0.1, -0.05) is 98.3 Å². The highest BCUT2D eigenvalue weighted by atomic mass is 16.3. The molecule has 0 saturated heterocycles. The summed E-state index contributed by atoms with van der Waals surface area (Å²) in [6.45, 7) is 0. The minimum Gasteiger partial charge on any atom is -0.457 e. The molecule has 0 amide bonds. The van der Waals surface area contributed by atoms with Crippen molar-refractivity contribution in [2.75, 3.05) is 0 Å². The Labute approximate surface area is 472 Å². The van der Waals surface area contributed by atoms with Crippen molar-refractivity contribution < 1.29 is 4.42 Å². The summed E-state index contributed by atoms with van der Waals surface area (Å²) in [4.78, 5) is 0. The number of hydrogen-bond donors (Lipinski definition) is 0. The number of benzene rings is 9. The van der Waals surface area contributed by atoms with Crippen molar-refractivity contribution in [1.82, 2.24) is 0 Å². The van der Waals surface area contributed by atoms with Gasteiger partial charge in [-0.25, -0.2) is 0 Å². The molecular weight excluding hydrogens is 871 g/mol. The van der Waals surface area contributed by atoms with E-state index in [1.807, 2.05) is 0 Å². The lowest BCUT2D eigenvalue weighted by atomic mass is 9.55. The van der Waals surface area contributed by atoms with Gasteiger partial charge in [-0.05, 0) is 76.5 Å². The van der Waals surface area contributed by atoms with E-state index in [-0.39, 0.29) is 251 Å². The van der Waals surface area contributed by atoms with Crippen LogP contribution in [0.15, 0.2) is 4.42 Å². The Morgan fingerprint density at radius 2 is 0.293 bits per heavy atom. The van der Waals surface area contributed by atoms with Crippen molar-refractivity contribution in [3.8, 4) is 33.4 Å². The first kappa shape index (κ1) is 54.0. The lowest BCUT2D eigenvalue weighted by molar-refractivity contribution is 0.675. The first-order valence-corrected chi connectivity index (χ1v) is 22.0. The fraction of sp³-hybridized carbons (Fsp3) is 0. The van der Waals surface area contributed by atoms with Gasteiger partial charge in [0.15, 0.2) is 0 Å². The van der Waals surface area contributed by atoms with E-state index in [9.17, 15) is 0 Å². The van der Waals surface area contributed by atoms with Crippen molar-refractivity contribution in [3.05, 3.63) is 0 Å². The van der Waals surface area contributed by atoms with E-state index < -0.39 is 0 Å². The molecule has 75 heavy (non-hydrogen) atoms. The Morgan fingerprint density at radius 1 is 0.120 bits per heavy atom. The second kappa shape index (κ2) is 18.1. The van der Waals surface area contributed by atoms with E-state index in [0.29, 0.717) is 0 Å². The zero-order valence-electron chi connectivity index (χ0n) is 39.6. The summed E-state index contributed by atoms with van der Waals surface area (Å²) in [7, 11) is 191. The second-order valence-corrected chi connectivity index (χ2v) is 18.3. The van der Waals surface area contributed by atoms with E-state index in [2.05, 4.69) is 0 Å². The van der Waals surface area contributed by atoms with Gasteiger partial charge < -0.3 is 4.42 Å². The van der Waals surface area contributed by atoms with Crippen LogP contribution in [0.5, 0.6) is 0 Å². The molecule has 0 aliphatic heterocycles. The molecule has 10 rings (SSSR count). The van der Waals surface area contributed by atoms with Crippen LogP contribution >= 0.6 is 0 Å². The molecular formula is C46B28O. The summed E-state index contributed by atoms with van der Waals surface area (Å²) in [5.41, 5.74) is -5.09. The fourth-order valence-corrected chi connectivity index (χ4v) is 10.7. The van der Waals surface area contributed by atoms with Crippen molar-refractivity contribution in [2.45, 2.75) is 0 Å². The monoisotopic (exact) mass is 876 g/mol. The van der Waals surface area contributed by atoms with E-state index in [0.717, 1.165) is 0 Å². The quantitative estimate of drug-likeness (QED) is 0.127. The first-order chi connectivity index (χ1) is 35.0. The van der Waals surface area contributed by atoms with Crippen LogP contribution in [-0.2, 0) is 0 Å². The summed E-state index contributed by atoms with van der Waals surface area (Å²) in [6.07, 6.45) is 0. The molecule has 0 unspecified atom stereocenters. The molecule has 0 aliphatic carbocycles. The zero-order valence-corrected chi connectivity index (χ0v) is 39.6. The molecule has 1 heterocycles. The Balaban J connectivity index is 1.53. The number of fused-ring (bicyclic) bond motifs is 7. The molecule has 1 nitrogen and oxygen atoms in total. The van der Waals surface area contributed by atoms with Crippen LogP contribution in [0.3, 0.4) is 0 Å². The molecule has 0 saturated carbocycles. The van der Waals surface area contributed by atoms with E-state index in [1.165, 1.54) is 0 Å². The van der Waals surface area contributed by atoms with E-state index in [1.54, 1.807) is 0 Å². The van der Waals surface area contributed by atoms with Gasteiger partial charge in [0.2, 0.25) is 0 Å². The lowest BCUT2D eigenvalue weighted by Gasteiger charge is -2.33. The molecule has 0 fully saturated rings. The maximum absolute atomic E-state index is 7.39. The SMILES string of the molecule is [B]c1c([B])c([B])c2c(oc3c([B])c([B])c(-c4c5c([B])c([B])c([B])c([B])c5c(-c5c([B])c([B])c(-c6c([B])c([B])c7c([B])c([B])c([B])c([B])c7c6[B])c6c([B])c([B])c([B])c([B])c56)c5c([B])c([B])c([B])c([B])c45)c([B])c32)c1[B]. The highest BCUT2D eigenvalue weighted by Crippen LogP contribution is 2.42. The van der Waals surface area contributed by atoms with Crippen molar-refractivity contribution in [2.24, 2.45) is 0 Å². The van der Waals surface area contributed by atoms with Gasteiger partial charge in [0, 0.05) is 10.8 Å². The predicted octanol–water partition coefficient (Wildman–Crippen LogP) is -20.6. The Hall–Kier alpha value is -4.36. The smallest absolute Gasteiger partial charge is 0.127 e. The average Bonchev–Trinajstić information content (AvgIpc) is 3.84.